The van der Waals surface area contributed by atoms with E-state index in [0.29, 0.717) is 25.9 Å². The standard InChI is InChI=1S/C32H37N3O3/c1-38-32(37)28-21-29-15-10-16-30(33-29)25-35(24-27-13-6-3-7-14-27)19-9-8-18-34(20-17-31(36)22-28)23-26-11-4-2-5-12-26/h2-16,28H,17-25H2,1H3/b9-8-. The van der Waals surface area contributed by atoms with Gasteiger partial charge in [-0.05, 0) is 23.3 Å². The molecular formula is C32H37N3O3. The predicted molar refractivity (Wildman–Crippen MR) is 149 cm³/mol. The fraction of sp³-hybridized carbons (Fsp3) is 0.344. The summed E-state index contributed by atoms with van der Waals surface area (Å²) >= 11 is 0. The van der Waals surface area contributed by atoms with Gasteiger partial charge in [-0.2, -0.15) is 0 Å². The number of esters is 1. The Labute approximate surface area is 226 Å². The van der Waals surface area contributed by atoms with Gasteiger partial charge in [-0.15, -0.1) is 0 Å². The summed E-state index contributed by atoms with van der Waals surface area (Å²) in [4.78, 5) is 35.1. The molecule has 6 nitrogen and oxygen atoms in total. The molecule has 0 N–H and O–H groups in total. The van der Waals surface area contributed by atoms with Crippen LogP contribution in [0.2, 0.25) is 0 Å². The number of aromatic nitrogens is 1. The number of ether oxygens (including phenoxy) is 1. The Kier molecular flexibility index (Phi) is 10.4. The lowest BCUT2D eigenvalue weighted by atomic mass is 9.95. The maximum atomic E-state index is 13.0. The van der Waals surface area contributed by atoms with Crippen molar-refractivity contribution in [2.24, 2.45) is 5.92 Å². The van der Waals surface area contributed by atoms with Crippen LogP contribution in [-0.2, 0) is 40.4 Å². The number of carbonyl (C=O) groups is 2. The lowest BCUT2D eigenvalue weighted by Gasteiger charge is -2.23. The van der Waals surface area contributed by atoms with E-state index in [9.17, 15) is 9.59 Å². The molecule has 0 saturated heterocycles. The minimum atomic E-state index is -0.536. The number of ketones is 1. The molecule has 0 saturated carbocycles. The van der Waals surface area contributed by atoms with E-state index >= 15 is 0 Å². The molecule has 1 atom stereocenters. The van der Waals surface area contributed by atoms with Crippen LogP contribution in [0.1, 0.15) is 35.4 Å². The second kappa shape index (κ2) is 14.4. The zero-order valence-electron chi connectivity index (χ0n) is 22.2. The largest absolute Gasteiger partial charge is 0.469 e. The minimum Gasteiger partial charge on any atom is -0.469 e. The predicted octanol–water partition coefficient (Wildman–Crippen LogP) is 4.84. The molecule has 4 rings (SSSR count). The number of hydrogen-bond acceptors (Lipinski definition) is 6. The van der Waals surface area contributed by atoms with E-state index in [0.717, 1.165) is 37.6 Å². The summed E-state index contributed by atoms with van der Waals surface area (Å²) in [7, 11) is 1.38. The van der Waals surface area contributed by atoms with E-state index in [2.05, 4.69) is 58.4 Å². The van der Waals surface area contributed by atoms with Gasteiger partial charge in [-0.1, -0.05) is 78.9 Å². The molecule has 1 aliphatic rings. The third kappa shape index (κ3) is 8.75. The number of Topliss-reactive ketones (excluding diaryl/α,β-unsaturated/α-hetero) is 1. The van der Waals surface area contributed by atoms with Crippen LogP contribution in [0, 0.1) is 5.92 Å². The second-order valence-corrected chi connectivity index (χ2v) is 9.88. The Morgan fingerprint density at radius 3 is 2.08 bits per heavy atom. The Balaban J connectivity index is 1.58. The van der Waals surface area contributed by atoms with Gasteiger partial charge >= 0.3 is 5.97 Å². The summed E-state index contributed by atoms with van der Waals surface area (Å²) in [6, 6.07) is 26.7. The summed E-state index contributed by atoms with van der Waals surface area (Å²) in [6.45, 7) is 4.42. The van der Waals surface area contributed by atoms with Gasteiger partial charge in [0.25, 0.3) is 0 Å². The average molecular weight is 512 g/mol. The quantitative estimate of drug-likeness (QED) is 0.361. The third-order valence-electron chi connectivity index (χ3n) is 6.81. The van der Waals surface area contributed by atoms with Gasteiger partial charge in [0.2, 0.25) is 0 Å². The van der Waals surface area contributed by atoms with Crippen LogP contribution in [0.5, 0.6) is 0 Å². The summed E-state index contributed by atoms with van der Waals surface area (Å²) < 4.78 is 5.05. The first-order valence-corrected chi connectivity index (χ1v) is 13.3. The Morgan fingerprint density at radius 2 is 1.42 bits per heavy atom. The van der Waals surface area contributed by atoms with Crippen LogP contribution >= 0.6 is 0 Å². The summed E-state index contributed by atoms with van der Waals surface area (Å²) in [5, 5.41) is 0. The number of pyridine rings is 1. The molecule has 6 heteroatoms. The molecule has 0 amide bonds. The third-order valence-corrected chi connectivity index (χ3v) is 6.81. The lowest BCUT2D eigenvalue weighted by Crippen LogP contribution is -2.29. The van der Waals surface area contributed by atoms with Crippen LogP contribution in [-0.4, -0.2) is 53.3 Å². The van der Waals surface area contributed by atoms with Crippen LogP contribution < -0.4 is 0 Å². The molecule has 0 spiro atoms. The van der Waals surface area contributed by atoms with Gasteiger partial charge in [0.05, 0.1) is 18.7 Å². The Morgan fingerprint density at radius 1 is 0.816 bits per heavy atom. The van der Waals surface area contributed by atoms with E-state index in [4.69, 9.17) is 9.72 Å². The van der Waals surface area contributed by atoms with Gasteiger partial charge in [-0.3, -0.25) is 24.4 Å². The highest BCUT2D eigenvalue weighted by atomic mass is 16.5. The number of benzene rings is 2. The zero-order chi connectivity index (χ0) is 26.6. The molecule has 0 radical (unpaired) electrons. The van der Waals surface area contributed by atoms with Crippen molar-refractivity contribution in [1.29, 1.82) is 0 Å². The highest BCUT2D eigenvalue weighted by Gasteiger charge is 2.24. The molecule has 198 valence electrons. The van der Waals surface area contributed by atoms with Crippen molar-refractivity contribution in [3.63, 3.8) is 0 Å². The average Bonchev–Trinajstić information content (AvgIpc) is 2.94. The summed E-state index contributed by atoms with van der Waals surface area (Å²) in [6.07, 6.45) is 5.35. The first kappa shape index (κ1) is 27.4. The van der Waals surface area contributed by atoms with Gasteiger partial charge < -0.3 is 4.74 Å². The van der Waals surface area contributed by atoms with Gasteiger partial charge in [0.15, 0.2) is 0 Å². The maximum Gasteiger partial charge on any atom is 0.309 e. The molecule has 1 aromatic heterocycles. The van der Waals surface area contributed by atoms with Crippen molar-refractivity contribution in [3.05, 3.63) is 114 Å². The van der Waals surface area contributed by atoms with Crippen LogP contribution in [0.25, 0.3) is 0 Å². The second-order valence-electron chi connectivity index (χ2n) is 9.88. The van der Waals surface area contributed by atoms with E-state index in [-0.39, 0.29) is 18.2 Å². The van der Waals surface area contributed by atoms with Gasteiger partial charge in [-0.25, -0.2) is 0 Å². The first-order valence-electron chi connectivity index (χ1n) is 13.3. The Bertz CT molecular complexity index is 1200. The van der Waals surface area contributed by atoms with Crippen molar-refractivity contribution in [2.75, 3.05) is 26.7 Å². The van der Waals surface area contributed by atoms with E-state index in [1.807, 2.05) is 42.5 Å². The van der Waals surface area contributed by atoms with Crippen molar-refractivity contribution in [1.82, 2.24) is 14.8 Å². The number of hydrogen-bond donors (Lipinski definition) is 0. The molecule has 3 aromatic rings. The molecule has 2 heterocycles. The molecule has 38 heavy (non-hydrogen) atoms. The van der Waals surface area contributed by atoms with E-state index < -0.39 is 5.92 Å². The molecule has 1 unspecified atom stereocenters. The normalized spacial score (nSPS) is 19.1. The SMILES string of the molecule is COC(=O)C1CC(=O)CCN(Cc2ccccc2)C/C=C\CN(Cc2ccccc2)Cc2cccc(n2)C1. The Hall–Kier alpha value is -3.61. The van der Waals surface area contributed by atoms with E-state index in [1.165, 1.54) is 18.2 Å². The first-order chi connectivity index (χ1) is 18.6. The van der Waals surface area contributed by atoms with Crippen LogP contribution in [0.3, 0.4) is 0 Å². The van der Waals surface area contributed by atoms with Gasteiger partial charge in [0.1, 0.15) is 5.78 Å². The van der Waals surface area contributed by atoms with E-state index in [1.54, 1.807) is 0 Å². The fourth-order valence-electron chi connectivity index (χ4n) is 4.83. The zero-order valence-corrected chi connectivity index (χ0v) is 22.2. The monoisotopic (exact) mass is 511 g/mol. The van der Waals surface area contributed by atoms with Crippen LogP contribution in [0.4, 0.5) is 0 Å². The smallest absolute Gasteiger partial charge is 0.309 e. The summed E-state index contributed by atoms with van der Waals surface area (Å²) in [5.41, 5.74) is 4.21. The molecule has 1 aliphatic heterocycles. The molecule has 0 aliphatic carbocycles. The summed E-state index contributed by atoms with van der Waals surface area (Å²) in [5.74, 6) is -0.827. The topological polar surface area (TPSA) is 62.7 Å². The highest BCUT2D eigenvalue weighted by molar-refractivity contribution is 5.84. The van der Waals surface area contributed by atoms with Crippen molar-refractivity contribution in [2.45, 2.75) is 38.9 Å². The maximum absolute atomic E-state index is 13.0. The van der Waals surface area contributed by atoms with Crippen molar-refractivity contribution >= 4 is 11.8 Å². The number of rotatable bonds is 5. The lowest BCUT2D eigenvalue weighted by molar-refractivity contribution is -0.147. The molecule has 0 fully saturated rings. The van der Waals surface area contributed by atoms with Gasteiger partial charge in [0, 0.05) is 64.2 Å². The molecular weight excluding hydrogens is 474 g/mol. The molecule has 2 aromatic carbocycles. The van der Waals surface area contributed by atoms with Crippen LogP contribution in [0.15, 0.2) is 91.0 Å². The number of nitrogens with zero attached hydrogens (tertiary/aromatic N) is 3. The fourth-order valence-corrected chi connectivity index (χ4v) is 4.83. The van der Waals surface area contributed by atoms with Crippen molar-refractivity contribution in [3.8, 4) is 0 Å². The van der Waals surface area contributed by atoms with Crippen molar-refractivity contribution < 1.29 is 14.3 Å². The number of fused-ring (bicyclic) bond motifs is 2. The highest BCUT2D eigenvalue weighted by Crippen LogP contribution is 2.17. The number of carbonyl (C=O) groups excluding carboxylic acids is 2. The minimum absolute atomic E-state index is 0.0692. The number of methoxy groups -OCH3 is 1. The molecule has 2 bridgehead atoms.